The number of likely N-dealkylation sites (tertiary alicyclic amines) is 2. The highest BCUT2D eigenvalue weighted by molar-refractivity contribution is 5.80. The van der Waals surface area contributed by atoms with Crippen LogP contribution in [-0.2, 0) is 20.8 Å². The van der Waals surface area contributed by atoms with Crippen LogP contribution in [0.1, 0.15) is 56.7 Å². The zero-order chi connectivity index (χ0) is 21.3. The van der Waals surface area contributed by atoms with E-state index in [1.54, 1.807) is 11.8 Å². The number of amides is 3. The molecule has 164 valence electrons. The zero-order valence-corrected chi connectivity index (χ0v) is 17.9. The van der Waals surface area contributed by atoms with Gasteiger partial charge >= 0.3 is 0 Å². The standard InChI is InChI=1S/C21H31N5O4/c1-14(27)25-9-5-15(6-10-25)11-19(28)26-12-17(13-26)20-22-18(23-30-20)7-8-24(2)21(29)16-3-4-16/h15-17H,3-13H2,1-2H3. The number of hydrogen-bond acceptors (Lipinski definition) is 6. The molecule has 2 saturated heterocycles. The number of likely N-dealkylation sites (N-methyl/N-ethyl adjacent to an activating group) is 1. The molecule has 0 unspecified atom stereocenters. The highest BCUT2D eigenvalue weighted by atomic mass is 16.5. The van der Waals surface area contributed by atoms with Crippen LogP contribution < -0.4 is 0 Å². The Labute approximate surface area is 176 Å². The van der Waals surface area contributed by atoms with E-state index in [0.717, 1.165) is 38.8 Å². The predicted molar refractivity (Wildman–Crippen MR) is 107 cm³/mol. The molecule has 0 bridgehead atoms. The predicted octanol–water partition coefficient (Wildman–Crippen LogP) is 1.05. The summed E-state index contributed by atoms with van der Waals surface area (Å²) < 4.78 is 5.39. The molecular formula is C21H31N5O4. The first-order valence-electron chi connectivity index (χ1n) is 11.0. The van der Waals surface area contributed by atoms with E-state index >= 15 is 0 Å². The van der Waals surface area contributed by atoms with Crippen molar-refractivity contribution in [2.24, 2.45) is 11.8 Å². The lowest BCUT2D eigenvalue weighted by Crippen LogP contribution is -2.49. The Morgan fingerprint density at radius 1 is 1.10 bits per heavy atom. The van der Waals surface area contributed by atoms with Gasteiger partial charge in [0.15, 0.2) is 5.82 Å². The number of carbonyl (C=O) groups excluding carboxylic acids is 3. The first-order valence-corrected chi connectivity index (χ1v) is 11.0. The molecule has 0 aromatic carbocycles. The van der Waals surface area contributed by atoms with Gasteiger partial charge in [0, 0.05) is 65.5 Å². The average molecular weight is 418 g/mol. The van der Waals surface area contributed by atoms with Crippen molar-refractivity contribution in [1.82, 2.24) is 24.8 Å². The fraction of sp³-hybridized carbons (Fsp3) is 0.762. The molecule has 1 aromatic rings. The maximum atomic E-state index is 12.5. The van der Waals surface area contributed by atoms with Crippen molar-refractivity contribution in [3.8, 4) is 0 Å². The van der Waals surface area contributed by atoms with Crippen molar-refractivity contribution in [2.45, 2.75) is 51.4 Å². The van der Waals surface area contributed by atoms with Gasteiger partial charge in [0.05, 0.1) is 5.92 Å². The Balaban J connectivity index is 1.17. The van der Waals surface area contributed by atoms with Crippen LogP contribution in [0.4, 0.5) is 0 Å². The van der Waals surface area contributed by atoms with Gasteiger partial charge < -0.3 is 19.2 Å². The van der Waals surface area contributed by atoms with Gasteiger partial charge in [-0.25, -0.2) is 0 Å². The molecule has 0 atom stereocenters. The van der Waals surface area contributed by atoms with Crippen LogP contribution in [0.5, 0.6) is 0 Å². The molecule has 1 aromatic heterocycles. The third kappa shape index (κ3) is 4.82. The summed E-state index contributed by atoms with van der Waals surface area (Å²) in [4.78, 5) is 45.9. The first-order chi connectivity index (χ1) is 14.4. The van der Waals surface area contributed by atoms with Crippen molar-refractivity contribution in [1.29, 1.82) is 0 Å². The molecule has 9 nitrogen and oxygen atoms in total. The van der Waals surface area contributed by atoms with E-state index in [0.29, 0.717) is 50.1 Å². The van der Waals surface area contributed by atoms with Gasteiger partial charge in [-0.15, -0.1) is 0 Å². The highest BCUT2D eigenvalue weighted by Gasteiger charge is 2.37. The average Bonchev–Trinajstić information content (AvgIpc) is 3.44. The molecule has 3 aliphatic rings. The van der Waals surface area contributed by atoms with Gasteiger partial charge in [-0.2, -0.15) is 4.98 Å². The van der Waals surface area contributed by atoms with Crippen molar-refractivity contribution in [2.75, 3.05) is 39.8 Å². The molecule has 3 heterocycles. The molecule has 30 heavy (non-hydrogen) atoms. The second-order valence-corrected chi connectivity index (χ2v) is 8.98. The monoisotopic (exact) mass is 417 g/mol. The molecule has 2 aliphatic heterocycles. The van der Waals surface area contributed by atoms with E-state index in [-0.39, 0.29) is 29.6 Å². The van der Waals surface area contributed by atoms with Crippen molar-refractivity contribution in [3.63, 3.8) is 0 Å². The molecule has 0 spiro atoms. The number of nitrogens with zero attached hydrogens (tertiary/aromatic N) is 5. The molecule has 4 rings (SSSR count). The molecule has 0 radical (unpaired) electrons. The number of carbonyl (C=O) groups is 3. The molecule has 9 heteroatoms. The lowest BCUT2D eigenvalue weighted by molar-refractivity contribution is -0.137. The minimum Gasteiger partial charge on any atom is -0.345 e. The number of aromatic nitrogens is 2. The lowest BCUT2D eigenvalue weighted by atomic mass is 9.91. The van der Waals surface area contributed by atoms with E-state index in [9.17, 15) is 14.4 Å². The molecule has 1 aliphatic carbocycles. The van der Waals surface area contributed by atoms with Gasteiger partial charge in [0.25, 0.3) is 0 Å². The van der Waals surface area contributed by atoms with Crippen LogP contribution in [0, 0.1) is 11.8 Å². The van der Waals surface area contributed by atoms with Crippen molar-refractivity contribution in [3.05, 3.63) is 11.7 Å². The Morgan fingerprint density at radius 3 is 2.43 bits per heavy atom. The third-order valence-electron chi connectivity index (χ3n) is 6.56. The molecule has 0 N–H and O–H groups in total. The fourth-order valence-corrected chi connectivity index (χ4v) is 4.22. The van der Waals surface area contributed by atoms with Crippen LogP contribution in [0.2, 0.25) is 0 Å². The smallest absolute Gasteiger partial charge is 0.233 e. The maximum Gasteiger partial charge on any atom is 0.233 e. The Morgan fingerprint density at radius 2 is 1.80 bits per heavy atom. The van der Waals surface area contributed by atoms with Crippen LogP contribution in [0.15, 0.2) is 4.52 Å². The normalized spacial score (nSPS) is 20.2. The zero-order valence-electron chi connectivity index (χ0n) is 17.9. The number of hydrogen-bond donors (Lipinski definition) is 0. The summed E-state index contributed by atoms with van der Waals surface area (Å²) >= 11 is 0. The van der Waals surface area contributed by atoms with Crippen LogP contribution in [0.3, 0.4) is 0 Å². The minimum atomic E-state index is 0.0978. The van der Waals surface area contributed by atoms with Gasteiger partial charge in [0.1, 0.15) is 0 Å². The highest BCUT2D eigenvalue weighted by Crippen LogP contribution is 2.31. The SMILES string of the molecule is CC(=O)N1CCC(CC(=O)N2CC(c3nc(CCN(C)C(=O)C4CC4)no3)C2)CC1. The second-order valence-electron chi connectivity index (χ2n) is 8.98. The molecule has 3 fully saturated rings. The second kappa shape index (κ2) is 8.73. The third-order valence-corrected chi connectivity index (χ3v) is 6.56. The largest absolute Gasteiger partial charge is 0.345 e. The summed E-state index contributed by atoms with van der Waals surface area (Å²) in [6.07, 6.45) is 4.93. The summed E-state index contributed by atoms with van der Waals surface area (Å²) in [6, 6.07) is 0. The van der Waals surface area contributed by atoms with Gasteiger partial charge in [-0.1, -0.05) is 5.16 Å². The van der Waals surface area contributed by atoms with Gasteiger partial charge in [-0.05, 0) is 31.6 Å². The Kier molecular flexibility index (Phi) is 6.06. The van der Waals surface area contributed by atoms with Crippen molar-refractivity contribution >= 4 is 17.7 Å². The summed E-state index contributed by atoms with van der Waals surface area (Å²) in [7, 11) is 1.82. The summed E-state index contributed by atoms with van der Waals surface area (Å²) in [5.41, 5.74) is 0. The first kappa shape index (κ1) is 20.8. The topological polar surface area (TPSA) is 99.9 Å². The van der Waals surface area contributed by atoms with Crippen LogP contribution >= 0.6 is 0 Å². The Hall–Kier alpha value is -2.45. The molecular weight excluding hydrogens is 386 g/mol. The van der Waals surface area contributed by atoms with Gasteiger partial charge in [-0.3, -0.25) is 14.4 Å². The summed E-state index contributed by atoms with van der Waals surface area (Å²) in [5.74, 6) is 2.37. The lowest BCUT2D eigenvalue weighted by Gasteiger charge is -2.39. The fourth-order valence-electron chi connectivity index (χ4n) is 4.22. The minimum absolute atomic E-state index is 0.0978. The quantitative estimate of drug-likeness (QED) is 0.658. The van der Waals surface area contributed by atoms with Gasteiger partial charge in [0.2, 0.25) is 23.6 Å². The van der Waals surface area contributed by atoms with E-state index < -0.39 is 0 Å². The van der Waals surface area contributed by atoms with E-state index in [4.69, 9.17) is 4.52 Å². The number of rotatable bonds is 7. The maximum absolute atomic E-state index is 12.5. The Bertz CT molecular complexity index is 791. The molecule has 3 amide bonds. The summed E-state index contributed by atoms with van der Waals surface area (Å²) in [6.45, 7) is 4.93. The number of piperidine rings is 1. The van der Waals surface area contributed by atoms with E-state index in [2.05, 4.69) is 10.1 Å². The van der Waals surface area contributed by atoms with Crippen LogP contribution in [0.25, 0.3) is 0 Å². The van der Waals surface area contributed by atoms with E-state index in [1.807, 2.05) is 16.8 Å². The molecule has 1 saturated carbocycles. The summed E-state index contributed by atoms with van der Waals surface area (Å²) in [5, 5.41) is 4.04. The van der Waals surface area contributed by atoms with Crippen molar-refractivity contribution < 1.29 is 18.9 Å². The van der Waals surface area contributed by atoms with E-state index in [1.165, 1.54) is 0 Å². The van der Waals surface area contributed by atoms with Crippen LogP contribution in [-0.4, -0.2) is 82.3 Å².